The SMILES string of the molecule is Cc1ccc(Sc2cccc3c2C(=O)c2c(Sc4ccc(C)cc4)cccc2C3=O)cc1. The number of hydrogen-bond acceptors (Lipinski definition) is 4. The second-order valence-electron chi connectivity index (χ2n) is 7.85. The summed E-state index contributed by atoms with van der Waals surface area (Å²) in [5.41, 5.74) is 4.35. The van der Waals surface area contributed by atoms with Gasteiger partial charge in [0.2, 0.25) is 0 Å². The molecule has 0 heterocycles. The van der Waals surface area contributed by atoms with E-state index in [0.29, 0.717) is 22.3 Å². The first kappa shape index (κ1) is 20.8. The Kier molecular flexibility index (Phi) is 5.50. The van der Waals surface area contributed by atoms with Crippen LogP contribution in [0.4, 0.5) is 0 Å². The van der Waals surface area contributed by atoms with Gasteiger partial charge in [0.15, 0.2) is 11.6 Å². The molecule has 0 bridgehead atoms. The third-order valence-electron chi connectivity index (χ3n) is 5.49. The van der Waals surface area contributed by atoms with Crippen molar-refractivity contribution in [1.82, 2.24) is 0 Å². The Morgan fingerprint density at radius 2 is 0.906 bits per heavy atom. The molecule has 2 nitrogen and oxygen atoms in total. The molecule has 1 aliphatic carbocycles. The topological polar surface area (TPSA) is 34.1 Å². The van der Waals surface area contributed by atoms with Gasteiger partial charge < -0.3 is 0 Å². The smallest absolute Gasteiger partial charge is 0.196 e. The lowest BCUT2D eigenvalue weighted by atomic mass is 9.84. The molecular formula is C28H20O2S2. The van der Waals surface area contributed by atoms with Crippen LogP contribution in [0.2, 0.25) is 0 Å². The van der Waals surface area contributed by atoms with Crippen LogP contribution in [0.1, 0.15) is 43.0 Å². The van der Waals surface area contributed by atoms with Crippen molar-refractivity contribution in [3.05, 3.63) is 118 Å². The summed E-state index contributed by atoms with van der Waals surface area (Å²) in [6.07, 6.45) is 0. The lowest BCUT2D eigenvalue weighted by Gasteiger charge is -2.22. The summed E-state index contributed by atoms with van der Waals surface area (Å²) >= 11 is 3.05. The van der Waals surface area contributed by atoms with Crippen molar-refractivity contribution < 1.29 is 9.59 Å². The number of benzene rings is 4. The minimum absolute atomic E-state index is 0.0833. The van der Waals surface area contributed by atoms with E-state index >= 15 is 0 Å². The predicted molar refractivity (Wildman–Crippen MR) is 130 cm³/mol. The molecule has 4 aromatic carbocycles. The molecule has 32 heavy (non-hydrogen) atoms. The quantitative estimate of drug-likeness (QED) is 0.285. The van der Waals surface area contributed by atoms with E-state index in [1.165, 1.54) is 34.7 Å². The van der Waals surface area contributed by atoms with Crippen LogP contribution in [0.15, 0.2) is 105 Å². The van der Waals surface area contributed by atoms with Crippen molar-refractivity contribution in [2.24, 2.45) is 0 Å². The van der Waals surface area contributed by atoms with E-state index in [1.807, 2.05) is 62.4 Å². The second-order valence-corrected chi connectivity index (χ2v) is 10.1. The zero-order chi connectivity index (χ0) is 22.2. The largest absolute Gasteiger partial charge is 0.289 e. The van der Waals surface area contributed by atoms with Crippen LogP contribution < -0.4 is 0 Å². The molecule has 1 aliphatic rings. The third-order valence-corrected chi connectivity index (χ3v) is 7.63. The predicted octanol–water partition coefficient (Wildman–Crippen LogP) is 7.38. The first-order valence-corrected chi connectivity index (χ1v) is 12.0. The first-order valence-electron chi connectivity index (χ1n) is 10.4. The van der Waals surface area contributed by atoms with Crippen molar-refractivity contribution in [1.29, 1.82) is 0 Å². The molecule has 0 saturated carbocycles. The minimum atomic E-state index is -0.0905. The Bertz CT molecular complexity index is 1250. The van der Waals surface area contributed by atoms with E-state index in [2.05, 4.69) is 24.3 Å². The van der Waals surface area contributed by atoms with E-state index in [1.54, 1.807) is 12.1 Å². The van der Waals surface area contributed by atoms with Gasteiger partial charge in [-0.2, -0.15) is 0 Å². The number of rotatable bonds is 4. The van der Waals surface area contributed by atoms with E-state index < -0.39 is 0 Å². The normalized spacial score (nSPS) is 12.4. The Balaban J connectivity index is 1.59. The van der Waals surface area contributed by atoms with Crippen LogP contribution in [0.3, 0.4) is 0 Å². The Morgan fingerprint density at radius 1 is 0.500 bits per heavy atom. The summed E-state index contributed by atoms with van der Waals surface area (Å²) in [5, 5.41) is 0. The van der Waals surface area contributed by atoms with Crippen LogP contribution in [0.25, 0.3) is 0 Å². The van der Waals surface area contributed by atoms with Gasteiger partial charge in [0.25, 0.3) is 0 Å². The van der Waals surface area contributed by atoms with Crippen LogP contribution in [-0.4, -0.2) is 11.6 Å². The van der Waals surface area contributed by atoms with E-state index in [9.17, 15) is 9.59 Å². The van der Waals surface area contributed by atoms with Gasteiger partial charge in [-0.1, -0.05) is 83.2 Å². The highest BCUT2D eigenvalue weighted by atomic mass is 32.2. The monoisotopic (exact) mass is 452 g/mol. The molecule has 0 spiro atoms. The summed E-state index contributed by atoms with van der Waals surface area (Å²) in [5.74, 6) is -0.174. The number of aryl methyl sites for hydroxylation is 2. The second kappa shape index (κ2) is 8.45. The molecule has 0 aromatic heterocycles. The standard InChI is InChI=1S/C28H20O2S2/c1-17-9-13-19(14-10-17)31-23-7-3-5-21-25(23)28(30)26-22(27(21)29)6-4-8-24(26)32-20-15-11-18(2)12-16-20/h3-16H,1-2H3. The minimum Gasteiger partial charge on any atom is -0.289 e. The van der Waals surface area contributed by atoms with Crippen LogP contribution in [-0.2, 0) is 0 Å². The zero-order valence-corrected chi connectivity index (χ0v) is 19.3. The fraction of sp³-hybridized carbons (Fsp3) is 0.0714. The molecule has 0 unspecified atom stereocenters. The van der Waals surface area contributed by atoms with Gasteiger partial charge in [0.1, 0.15) is 0 Å². The summed E-state index contributed by atoms with van der Waals surface area (Å²) in [4.78, 5) is 30.9. The number of fused-ring (bicyclic) bond motifs is 2. The number of carbonyl (C=O) groups excluding carboxylic acids is 2. The first-order chi connectivity index (χ1) is 15.5. The molecule has 4 aromatic rings. The molecule has 0 aliphatic heterocycles. The molecule has 0 saturated heterocycles. The highest BCUT2D eigenvalue weighted by Crippen LogP contribution is 2.41. The summed E-state index contributed by atoms with van der Waals surface area (Å²) in [6, 6.07) is 27.5. The Hall–Kier alpha value is -3.08. The van der Waals surface area contributed by atoms with Gasteiger partial charge >= 0.3 is 0 Å². The van der Waals surface area contributed by atoms with Crippen molar-refractivity contribution >= 4 is 35.1 Å². The van der Waals surface area contributed by atoms with Gasteiger partial charge in [-0.05, 0) is 50.2 Å². The number of hydrogen-bond donors (Lipinski definition) is 0. The highest BCUT2D eigenvalue weighted by Gasteiger charge is 2.33. The molecular weight excluding hydrogens is 432 g/mol. The van der Waals surface area contributed by atoms with Gasteiger partial charge in [-0.15, -0.1) is 0 Å². The molecule has 4 heteroatoms. The number of ketones is 2. The maximum atomic E-state index is 13.8. The molecule has 0 fully saturated rings. The highest BCUT2D eigenvalue weighted by molar-refractivity contribution is 7.99. The van der Waals surface area contributed by atoms with E-state index in [4.69, 9.17) is 0 Å². The summed E-state index contributed by atoms with van der Waals surface area (Å²) in [6.45, 7) is 4.09. The molecule has 156 valence electrons. The van der Waals surface area contributed by atoms with Gasteiger partial charge in [0, 0.05) is 41.8 Å². The van der Waals surface area contributed by atoms with Crippen molar-refractivity contribution in [2.75, 3.05) is 0 Å². The van der Waals surface area contributed by atoms with E-state index in [-0.39, 0.29) is 11.6 Å². The zero-order valence-electron chi connectivity index (χ0n) is 17.7. The van der Waals surface area contributed by atoms with Crippen molar-refractivity contribution in [3.63, 3.8) is 0 Å². The van der Waals surface area contributed by atoms with Crippen molar-refractivity contribution in [2.45, 2.75) is 33.4 Å². The van der Waals surface area contributed by atoms with Crippen molar-refractivity contribution in [3.8, 4) is 0 Å². The average molecular weight is 453 g/mol. The summed E-state index contributed by atoms with van der Waals surface area (Å²) in [7, 11) is 0. The lowest BCUT2D eigenvalue weighted by molar-refractivity contribution is 0.0974. The fourth-order valence-corrected chi connectivity index (χ4v) is 5.77. The van der Waals surface area contributed by atoms with E-state index in [0.717, 1.165) is 19.6 Å². The van der Waals surface area contributed by atoms with Crippen LogP contribution in [0, 0.1) is 13.8 Å². The van der Waals surface area contributed by atoms with Gasteiger partial charge in [-0.25, -0.2) is 0 Å². The van der Waals surface area contributed by atoms with Crippen LogP contribution in [0.5, 0.6) is 0 Å². The van der Waals surface area contributed by atoms with Crippen LogP contribution >= 0.6 is 23.5 Å². The summed E-state index contributed by atoms with van der Waals surface area (Å²) < 4.78 is 0. The molecule has 0 atom stereocenters. The molecule has 0 amide bonds. The molecule has 5 rings (SSSR count). The Morgan fingerprint density at radius 3 is 1.31 bits per heavy atom. The van der Waals surface area contributed by atoms with Gasteiger partial charge in [-0.3, -0.25) is 9.59 Å². The average Bonchev–Trinajstić information content (AvgIpc) is 2.80. The number of carbonyl (C=O) groups is 2. The Labute approximate surface area is 196 Å². The fourth-order valence-electron chi connectivity index (χ4n) is 3.82. The third kappa shape index (κ3) is 3.81. The molecule has 0 N–H and O–H groups in total. The maximum absolute atomic E-state index is 13.8. The molecule has 0 radical (unpaired) electrons. The maximum Gasteiger partial charge on any atom is 0.196 e. The lowest BCUT2D eigenvalue weighted by Crippen LogP contribution is -2.22. The van der Waals surface area contributed by atoms with Gasteiger partial charge in [0.05, 0.1) is 0 Å².